The summed E-state index contributed by atoms with van der Waals surface area (Å²) in [5, 5.41) is 5.19. The Morgan fingerprint density at radius 3 is 2.26 bits per heavy atom. The van der Waals surface area contributed by atoms with Crippen molar-refractivity contribution in [2.45, 2.75) is 43.7 Å². The number of anilines is 1. The van der Waals surface area contributed by atoms with Gasteiger partial charge in [0.1, 0.15) is 6.04 Å². The first kappa shape index (κ1) is 29.9. The third-order valence-electron chi connectivity index (χ3n) is 7.45. The number of likely N-dealkylation sites (N-methyl/N-ethyl adjacent to an activating group) is 1. The summed E-state index contributed by atoms with van der Waals surface area (Å²) in [6.45, 7) is 2.37. The van der Waals surface area contributed by atoms with E-state index in [9.17, 15) is 18.0 Å². The average molecular weight is 625 g/mol. The molecule has 4 aromatic rings. The predicted octanol–water partition coefficient (Wildman–Crippen LogP) is 6.21. The van der Waals surface area contributed by atoms with E-state index in [-0.39, 0.29) is 49.1 Å². The number of halogens is 2. The number of nitrogens with zero attached hydrogens (tertiary/aromatic N) is 2. The smallest absolute Gasteiger partial charge is 0.265 e. The van der Waals surface area contributed by atoms with Gasteiger partial charge in [0.05, 0.1) is 10.6 Å². The average Bonchev–Trinajstić information content (AvgIpc) is 3.20. The van der Waals surface area contributed by atoms with Crippen molar-refractivity contribution < 1.29 is 18.0 Å². The first-order valence-corrected chi connectivity index (χ1v) is 16.0. The van der Waals surface area contributed by atoms with Gasteiger partial charge in [0, 0.05) is 53.5 Å². The van der Waals surface area contributed by atoms with Crippen molar-refractivity contribution in [1.29, 1.82) is 0 Å². The molecule has 0 bridgehead atoms. The van der Waals surface area contributed by atoms with Crippen molar-refractivity contribution in [2.24, 2.45) is 0 Å². The SMILES string of the molecule is CCNC(=O)[C@H](Cc1ccccc1)N(Cc1c(Cl)cccc1Cl)C(=O)CCCN1c2cccc3cccc(c23)S1(=O)=O. The number of amides is 2. The summed E-state index contributed by atoms with van der Waals surface area (Å²) in [4.78, 5) is 29.1. The van der Waals surface area contributed by atoms with Crippen LogP contribution in [-0.2, 0) is 32.6 Å². The molecule has 1 atom stereocenters. The lowest BCUT2D eigenvalue weighted by atomic mass is 10.0. The second kappa shape index (κ2) is 12.7. The third-order valence-corrected chi connectivity index (χ3v) is 10.0. The zero-order valence-electron chi connectivity index (χ0n) is 23.1. The standard InChI is InChI=1S/C32H31Cl2N3O4S/c1-2-35-32(39)28(20-22-10-4-3-5-11-22)36(21-24-25(33)14-8-15-26(24)34)30(38)18-9-19-37-27-16-6-12-23-13-7-17-29(31(23)27)42(37,40)41/h3-8,10-17,28H,2,9,18-21H2,1H3,(H,35,39)/t28-/m0/s1. The molecule has 0 aromatic heterocycles. The molecule has 0 unspecified atom stereocenters. The van der Waals surface area contributed by atoms with Crippen molar-refractivity contribution in [3.8, 4) is 0 Å². The number of sulfonamides is 1. The Morgan fingerprint density at radius 1 is 0.905 bits per heavy atom. The minimum atomic E-state index is -3.74. The molecule has 0 radical (unpaired) electrons. The van der Waals surface area contributed by atoms with Crippen LogP contribution in [0.25, 0.3) is 10.8 Å². The molecule has 4 aromatic carbocycles. The Labute approximate surface area is 256 Å². The summed E-state index contributed by atoms with van der Waals surface area (Å²) < 4.78 is 28.2. The summed E-state index contributed by atoms with van der Waals surface area (Å²) >= 11 is 13.0. The number of hydrogen-bond acceptors (Lipinski definition) is 4. The van der Waals surface area contributed by atoms with Crippen molar-refractivity contribution >= 4 is 61.5 Å². The van der Waals surface area contributed by atoms with Crippen LogP contribution < -0.4 is 9.62 Å². The van der Waals surface area contributed by atoms with E-state index >= 15 is 0 Å². The molecule has 1 N–H and O–H groups in total. The molecule has 42 heavy (non-hydrogen) atoms. The van der Waals surface area contributed by atoms with Crippen molar-refractivity contribution in [1.82, 2.24) is 10.2 Å². The number of carbonyl (C=O) groups excluding carboxylic acids is 2. The molecule has 0 spiro atoms. The van der Waals surface area contributed by atoms with Crippen LogP contribution in [0.1, 0.15) is 30.9 Å². The van der Waals surface area contributed by atoms with E-state index in [1.807, 2.05) is 55.5 Å². The molecule has 1 aliphatic heterocycles. The number of rotatable bonds is 11. The van der Waals surface area contributed by atoms with E-state index < -0.39 is 16.1 Å². The van der Waals surface area contributed by atoms with E-state index in [1.54, 1.807) is 36.4 Å². The molecule has 1 aliphatic rings. The Kier molecular flexibility index (Phi) is 9.06. The van der Waals surface area contributed by atoms with Crippen LogP contribution in [0.4, 0.5) is 5.69 Å². The minimum absolute atomic E-state index is 0.0190. The molecule has 2 amide bonds. The van der Waals surface area contributed by atoms with Gasteiger partial charge in [-0.15, -0.1) is 0 Å². The lowest BCUT2D eigenvalue weighted by Crippen LogP contribution is -2.50. The minimum Gasteiger partial charge on any atom is -0.355 e. The van der Waals surface area contributed by atoms with Gasteiger partial charge in [0.2, 0.25) is 11.8 Å². The first-order valence-electron chi connectivity index (χ1n) is 13.8. The van der Waals surface area contributed by atoms with Gasteiger partial charge in [-0.1, -0.05) is 83.9 Å². The van der Waals surface area contributed by atoms with E-state index in [0.717, 1.165) is 10.9 Å². The van der Waals surface area contributed by atoms with Crippen LogP contribution in [0.15, 0.2) is 89.8 Å². The van der Waals surface area contributed by atoms with E-state index in [4.69, 9.17) is 23.2 Å². The lowest BCUT2D eigenvalue weighted by Gasteiger charge is -2.32. The molecule has 218 valence electrons. The molecule has 0 saturated heterocycles. The van der Waals surface area contributed by atoms with Gasteiger partial charge < -0.3 is 10.2 Å². The Hall–Kier alpha value is -3.59. The normalized spacial score (nSPS) is 14.1. The highest BCUT2D eigenvalue weighted by Crippen LogP contribution is 2.42. The molecule has 0 saturated carbocycles. The van der Waals surface area contributed by atoms with Gasteiger partial charge in [-0.2, -0.15) is 0 Å². The second-order valence-corrected chi connectivity index (χ2v) is 12.8. The largest absolute Gasteiger partial charge is 0.355 e. The van der Waals surface area contributed by atoms with E-state index in [1.165, 1.54) is 9.21 Å². The summed E-state index contributed by atoms with van der Waals surface area (Å²) in [7, 11) is -3.74. The lowest BCUT2D eigenvalue weighted by molar-refractivity contribution is -0.141. The Morgan fingerprint density at radius 2 is 1.57 bits per heavy atom. The van der Waals surface area contributed by atoms with Crippen LogP contribution in [0, 0.1) is 0 Å². The van der Waals surface area contributed by atoms with Gasteiger partial charge in [0.15, 0.2) is 0 Å². The van der Waals surface area contributed by atoms with Gasteiger partial charge in [-0.25, -0.2) is 8.42 Å². The first-order chi connectivity index (χ1) is 20.2. The quantitative estimate of drug-likeness (QED) is 0.215. The Balaban J connectivity index is 1.41. The maximum atomic E-state index is 13.9. The van der Waals surface area contributed by atoms with Gasteiger partial charge in [-0.3, -0.25) is 13.9 Å². The predicted molar refractivity (Wildman–Crippen MR) is 167 cm³/mol. The summed E-state index contributed by atoms with van der Waals surface area (Å²) in [5.41, 5.74) is 2.05. The molecule has 1 heterocycles. The second-order valence-electron chi connectivity index (χ2n) is 10.1. The highest BCUT2D eigenvalue weighted by atomic mass is 35.5. The molecule has 10 heteroatoms. The fourth-order valence-electron chi connectivity index (χ4n) is 5.42. The van der Waals surface area contributed by atoms with Crippen molar-refractivity contribution in [2.75, 3.05) is 17.4 Å². The zero-order valence-corrected chi connectivity index (χ0v) is 25.4. The maximum Gasteiger partial charge on any atom is 0.265 e. The number of hydrogen-bond donors (Lipinski definition) is 1. The van der Waals surface area contributed by atoms with Crippen LogP contribution >= 0.6 is 23.2 Å². The molecular formula is C32H31Cl2N3O4S. The van der Waals surface area contributed by atoms with Crippen LogP contribution in [-0.4, -0.2) is 44.3 Å². The zero-order chi connectivity index (χ0) is 29.9. The van der Waals surface area contributed by atoms with Crippen molar-refractivity contribution in [3.63, 3.8) is 0 Å². The molecule has 0 fully saturated rings. The summed E-state index contributed by atoms with van der Waals surface area (Å²) in [6, 6.07) is 24.5. The highest BCUT2D eigenvalue weighted by molar-refractivity contribution is 7.93. The van der Waals surface area contributed by atoms with E-state index in [0.29, 0.717) is 33.2 Å². The van der Waals surface area contributed by atoms with E-state index in [2.05, 4.69) is 5.32 Å². The van der Waals surface area contributed by atoms with Gasteiger partial charge in [-0.05, 0) is 48.6 Å². The summed E-state index contributed by atoms with van der Waals surface area (Å²) in [6.07, 6.45) is 0.562. The summed E-state index contributed by atoms with van der Waals surface area (Å²) in [5.74, 6) is -0.590. The third kappa shape index (κ3) is 5.98. The topological polar surface area (TPSA) is 86.8 Å². The Bertz CT molecular complexity index is 1710. The van der Waals surface area contributed by atoms with Gasteiger partial charge in [0.25, 0.3) is 10.0 Å². The van der Waals surface area contributed by atoms with Crippen LogP contribution in [0.2, 0.25) is 10.0 Å². The molecule has 5 rings (SSSR count). The number of benzene rings is 4. The molecule has 7 nitrogen and oxygen atoms in total. The monoisotopic (exact) mass is 623 g/mol. The van der Waals surface area contributed by atoms with Crippen LogP contribution in [0.3, 0.4) is 0 Å². The number of carbonyl (C=O) groups is 2. The van der Waals surface area contributed by atoms with Crippen molar-refractivity contribution in [3.05, 3.63) is 106 Å². The highest BCUT2D eigenvalue weighted by Gasteiger charge is 2.36. The number of nitrogens with one attached hydrogen (secondary N) is 1. The fraction of sp³-hybridized carbons (Fsp3) is 0.250. The maximum absolute atomic E-state index is 13.9. The van der Waals surface area contributed by atoms with Gasteiger partial charge >= 0.3 is 0 Å². The molecular weight excluding hydrogens is 593 g/mol. The molecule has 0 aliphatic carbocycles. The fourth-order valence-corrected chi connectivity index (χ4v) is 7.68. The van der Waals surface area contributed by atoms with Crippen LogP contribution in [0.5, 0.6) is 0 Å².